The van der Waals surface area contributed by atoms with Gasteiger partial charge in [-0.3, -0.25) is 0 Å². The highest BCUT2D eigenvalue weighted by Gasteiger charge is 2.21. The van der Waals surface area contributed by atoms with E-state index in [0.29, 0.717) is 11.3 Å². The molecule has 1 fully saturated rings. The van der Waals surface area contributed by atoms with E-state index in [9.17, 15) is 4.39 Å². The van der Waals surface area contributed by atoms with Crippen LogP contribution in [0.3, 0.4) is 0 Å². The molecule has 0 bridgehead atoms. The molecule has 0 spiro atoms. The van der Waals surface area contributed by atoms with Crippen LogP contribution < -0.4 is 10.1 Å². The summed E-state index contributed by atoms with van der Waals surface area (Å²) in [5, 5.41) is 3.33. The molecule has 0 aromatic heterocycles. The normalized spacial score (nSPS) is 17.6. The van der Waals surface area contributed by atoms with Crippen LogP contribution in [0.4, 0.5) is 4.39 Å². The van der Waals surface area contributed by atoms with E-state index in [4.69, 9.17) is 4.74 Å². The number of benzene rings is 1. The first-order chi connectivity index (χ1) is 9.22. The predicted molar refractivity (Wildman–Crippen MR) is 76.0 cm³/mol. The number of rotatable bonds is 6. The molecule has 106 valence electrons. The van der Waals surface area contributed by atoms with Crippen LogP contribution in [0.1, 0.15) is 57.6 Å². The predicted octanol–water partition coefficient (Wildman–Crippen LogP) is 4.21. The maximum Gasteiger partial charge on any atom is 0.131 e. The molecule has 2 rings (SSSR count). The molecule has 2 nitrogen and oxygen atoms in total. The lowest BCUT2D eigenvalue weighted by Gasteiger charge is -2.21. The van der Waals surface area contributed by atoms with E-state index < -0.39 is 0 Å². The molecule has 1 unspecified atom stereocenters. The Morgan fingerprint density at radius 1 is 1.37 bits per heavy atom. The van der Waals surface area contributed by atoms with E-state index in [0.717, 1.165) is 25.8 Å². The Morgan fingerprint density at radius 2 is 2.11 bits per heavy atom. The van der Waals surface area contributed by atoms with Crippen molar-refractivity contribution in [2.24, 2.45) is 0 Å². The summed E-state index contributed by atoms with van der Waals surface area (Å²) in [5.74, 6) is 0.537. The van der Waals surface area contributed by atoms with Crippen molar-refractivity contribution in [1.82, 2.24) is 5.32 Å². The van der Waals surface area contributed by atoms with Gasteiger partial charge in [-0.15, -0.1) is 0 Å². The minimum absolute atomic E-state index is 0.0162. The van der Waals surface area contributed by atoms with Gasteiger partial charge in [-0.25, -0.2) is 4.39 Å². The number of ether oxygens (including phenoxy) is 1. The molecule has 3 heteroatoms. The summed E-state index contributed by atoms with van der Waals surface area (Å²) in [6.45, 7) is 4.99. The van der Waals surface area contributed by atoms with E-state index >= 15 is 0 Å². The number of halogens is 1. The molecule has 0 amide bonds. The van der Waals surface area contributed by atoms with Gasteiger partial charge in [-0.2, -0.15) is 0 Å². The summed E-state index contributed by atoms with van der Waals surface area (Å²) in [6.07, 6.45) is 5.92. The molecule has 1 aliphatic carbocycles. The fraction of sp³-hybridized carbons (Fsp3) is 0.625. The molecule has 1 aromatic carbocycles. The molecule has 1 aliphatic rings. The van der Waals surface area contributed by atoms with Gasteiger partial charge in [0.2, 0.25) is 0 Å². The lowest BCUT2D eigenvalue weighted by molar-refractivity contribution is 0.205. The fourth-order valence-corrected chi connectivity index (χ4v) is 2.69. The minimum Gasteiger partial charge on any atom is -0.490 e. The van der Waals surface area contributed by atoms with Crippen LogP contribution in [0.15, 0.2) is 18.2 Å². The lowest BCUT2D eigenvalue weighted by Crippen LogP contribution is -2.22. The van der Waals surface area contributed by atoms with Crippen LogP contribution in [0.2, 0.25) is 0 Å². The van der Waals surface area contributed by atoms with Crippen molar-refractivity contribution in [2.75, 3.05) is 6.54 Å². The summed E-state index contributed by atoms with van der Waals surface area (Å²) in [6, 6.07) is 5.12. The first-order valence-electron chi connectivity index (χ1n) is 7.40. The van der Waals surface area contributed by atoms with E-state index in [1.807, 2.05) is 13.0 Å². The van der Waals surface area contributed by atoms with Crippen LogP contribution in [-0.2, 0) is 0 Å². The van der Waals surface area contributed by atoms with Crippen molar-refractivity contribution < 1.29 is 9.13 Å². The van der Waals surface area contributed by atoms with Crippen molar-refractivity contribution in [1.29, 1.82) is 0 Å². The SMILES string of the molecule is CCCNC(C)c1c(F)cccc1OC1CCCC1. The van der Waals surface area contributed by atoms with Crippen LogP contribution in [0.25, 0.3) is 0 Å². The second kappa shape index (κ2) is 6.90. The van der Waals surface area contributed by atoms with E-state index in [2.05, 4.69) is 12.2 Å². The third-order valence-electron chi connectivity index (χ3n) is 3.74. The van der Waals surface area contributed by atoms with Crippen LogP contribution in [-0.4, -0.2) is 12.6 Å². The average Bonchev–Trinajstić information content (AvgIpc) is 2.89. The minimum atomic E-state index is -0.174. The third kappa shape index (κ3) is 3.69. The highest BCUT2D eigenvalue weighted by Crippen LogP contribution is 2.31. The topological polar surface area (TPSA) is 21.3 Å². The smallest absolute Gasteiger partial charge is 0.131 e. The Morgan fingerprint density at radius 3 is 2.79 bits per heavy atom. The number of hydrogen-bond acceptors (Lipinski definition) is 2. The van der Waals surface area contributed by atoms with Gasteiger partial charge >= 0.3 is 0 Å². The highest BCUT2D eigenvalue weighted by atomic mass is 19.1. The molecule has 0 heterocycles. The van der Waals surface area contributed by atoms with Gasteiger partial charge in [0.15, 0.2) is 0 Å². The van der Waals surface area contributed by atoms with E-state index in [-0.39, 0.29) is 18.0 Å². The lowest BCUT2D eigenvalue weighted by atomic mass is 10.1. The molecule has 1 aromatic rings. The largest absolute Gasteiger partial charge is 0.490 e. The molecular weight excluding hydrogens is 241 g/mol. The molecule has 1 saturated carbocycles. The van der Waals surface area contributed by atoms with E-state index in [1.54, 1.807) is 6.07 Å². The van der Waals surface area contributed by atoms with Crippen molar-refractivity contribution in [3.8, 4) is 5.75 Å². The first-order valence-corrected chi connectivity index (χ1v) is 7.40. The Labute approximate surface area is 115 Å². The van der Waals surface area contributed by atoms with E-state index in [1.165, 1.54) is 18.9 Å². The average molecular weight is 265 g/mol. The quantitative estimate of drug-likeness (QED) is 0.832. The van der Waals surface area contributed by atoms with Crippen molar-refractivity contribution in [3.05, 3.63) is 29.6 Å². The van der Waals surface area contributed by atoms with Gasteiger partial charge < -0.3 is 10.1 Å². The molecule has 0 saturated heterocycles. The second-order valence-electron chi connectivity index (χ2n) is 5.35. The molecule has 0 radical (unpaired) electrons. The monoisotopic (exact) mass is 265 g/mol. The Balaban J connectivity index is 2.14. The van der Waals surface area contributed by atoms with Gasteiger partial charge in [-0.1, -0.05) is 13.0 Å². The zero-order valence-corrected chi connectivity index (χ0v) is 11.9. The zero-order valence-electron chi connectivity index (χ0n) is 11.9. The van der Waals surface area contributed by atoms with Gasteiger partial charge in [-0.05, 0) is 57.7 Å². The summed E-state index contributed by atoms with van der Waals surface area (Å²) in [7, 11) is 0. The summed E-state index contributed by atoms with van der Waals surface area (Å²) in [5.41, 5.74) is 0.669. The summed E-state index contributed by atoms with van der Waals surface area (Å²) >= 11 is 0. The number of nitrogens with one attached hydrogen (secondary N) is 1. The maximum absolute atomic E-state index is 14.1. The zero-order chi connectivity index (χ0) is 13.7. The highest BCUT2D eigenvalue weighted by molar-refractivity contribution is 5.37. The van der Waals surface area contributed by atoms with Crippen molar-refractivity contribution >= 4 is 0 Å². The second-order valence-corrected chi connectivity index (χ2v) is 5.35. The molecular formula is C16H24FNO. The third-order valence-corrected chi connectivity index (χ3v) is 3.74. The molecule has 19 heavy (non-hydrogen) atoms. The van der Waals surface area contributed by atoms with Crippen LogP contribution in [0, 0.1) is 5.82 Å². The van der Waals surface area contributed by atoms with Gasteiger partial charge in [0.25, 0.3) is 0 Å². The Bertz CT molecular complexity index is 402. The number of hydrogen-bond donors (Lipinski definition) is 1. The molecule has 1 N–H and O–H groups in total. The van der Waals surface area contributed by atoms with Crippen LogP contribution >= 0.6 is 0 Å². The maximum atomic E-state index is 14.1. The van der Waals surface area contributed by atoms with Crippen molar-refractivity contribution in [3.63, 3.8) is 0 Å². The van der Waals surface area contributed by atoms with Gasteiger partial charge in [0, 0.05) is 11.6 Å². The van der Waals surface area contributed by atoms with Gasteiger partial charge in [0.1, 0.15) is 11.6 Å². The van der Waals surface area contributed by atoms with Gasteiger partial charge in [0.05, 0.1) is 6.10 Å². The fourth-order valence-electron chi connectivity index (χ4n) is 2.69. The van der Waals surface area contributed by atoms with Crippen molar-refractivity contribution in [2.45, 2.75) is 58.1 Å². The van der Waals surface area contributed by atoms with Crippen LogP contribution in [0.5, 0.6) is 5.75 Å². The summed E-state index contributed by atoms with van der Waals surface area (Å²) in [4.78, 5) is 0. The Hall–Kier alpha value is -1.09. The first kappa shape index (κ1) is 14.3. The Kier molecular flexibility index (Phi) is 5.20. The molecule has 0 aliphatic heterocycles. The standard InChI is InChI=1S/C16H24FNO/c1-3-11-18-12(2)16-14(17)9-6-10-15(16)19-13-7-4-5-8-13/h6,9-10,12-13,18H,3-5,7-8,11H2,1-2H3. The summed E-state index contributed by atoms with van der Waals surface area (Å²) < 4.78 is 20.1. The molecule has 1 atom stereocenters.